The number of para-hydroxylation sites is 1. The number of guanidine groups is 1. The third-order valence-electron chi connectivity index (χ3n) is 7.57. The van der Waals surface area contributed by atoms with Gasteiger partial charge in [0.2, 0.25) is 11.8 Å². The van der Waals surface area contributed by atoms with Gasteiger partial charge in [-0.25, -0.2) is 4.99 Å². The first kappa shape index (κ1) is 21.7. The number of aliphatic imine (C=N–C) groups is 1. The molecule has 3 aliphatic rings. The van der Waals surface area contributed by atoms with Crippen molar-refractivity contribution in [3.05, 3.63) is 29.8 Å². The largest absolute Gasteiger partial charge is 0.485 e. The third kappa shape index (κ3) is 3.68. The van der Waals surface area contributed by atoms with Crippen LogP contribution in [0.4, 0.5) is 0 Å². The molecule has 3 N–H and O–H groups in total. The molecule has 0 radical (unpaired) electrons. The van der Waals surface area contributed by atoms with E-state index in [1.54, 1.807) is 4.90 Å². The Hall–Kier alpha value is -2.57. The van der Waals surface area contributed by atoms with Gasteiger partial charge in [-0.05, 0) is 44.6 Å². The van der Waals surface area contributed by atoms with E-state index in [1.165, 1.54) is 0 Å². The van der Waals surface area contributed by atoms with Crippen molar-refractivity contribution in [2.24, 2.45) is 28.5 Å². The van der Waals surface area contributed by atoms with E-state index < -0.39 is 5.60 Å². The highest BCUT2D eigenvalue weighted by Crippen LogP contribution is 2.49. The van der Waals surface area contributed by atoms with Crippen LogP contribution in [0.25, 0.3) is 0 Å². The van der Waals surface area contributed by atoms with Crippen molar-refractivity contribution in [1.29, 1.82) is 0 Å². The van der Waals surface area contributed by atoms with Gasteiger partial charge in [-0.15, -0.1) is 0 Å². The Bertz CT molecular complexity index is 921. The first-order valence-electron chi connectivity index (χ1n) is 11.4. The van der Waals surface area contributed by atoms with Gasteiger partial charge < -0.3 is 15.8 Å². The Balaban J connectivity index is 1.44. The molecular weight excluding hydrogens is 392 g/mol. The lowest BCUT2D eigenvalue weighted by Gasteiger charge is -2.36. The number of nitrogens with one attached hydrogen (secondary N) is 1. The Labute approximate surface area is 184 Å². The molecule has 1 aromatic rings. The van der Waals surface area contributed by atoms with Crippen LogP contribution >= 0.6 is 0 Å². The summed E-state index contributed by atoms with van der Waals surface area (Å²) in [7, 11) is 0. The maximum Gasteiger partial charge on any atom is 0.231 e. The van der Waals surface area contributed by atoms with Crippen LogP contribution in [0.1, 0.15) is 65.5 Å². The molecular formula is C24H34N4O3. The Kier molecular flexibility index (Phi) is 5.26. The summed E-state index contributed by atoms with van der Waals surface area (Å²) < 4.78 is 6.05. The zero-order chi connectivity index (χ0) is 22.6. The van der Waals surface area contributed by atoms with Gasteiger partial charge in [0.25, 0.3) is 0 Å². The molecule has 2 amide bonds. The standard InChI is InChI=1S/C24H34N4O3/c1-6-24(7-2)12-18(29)28(22(25)27-24)13-16-14(3)19(16)21(30)26-20-15-10-8-9-11-17(15)31-23(20,4)5/h8-11,14,16,19-20H,6-7,12-13H2,1-5H3,(H2,25,27)(H,26,30)/t14?,16-,19-,20+/m0/s1. The van der Waals surface area contributed by atoms with Gasteiger partial charge in [-0.1, -0.05) is 39.0 Å². The number of nitrogens with two attached hydrogens (primary N) is 1. The number of benzene rings is 1. The van der Waals surface area contributed by atoms with Crippen LogP contribution < -0.4 is 15.8 Å². The smallest absolute Gasteiger partial charge is 0.231 e. The summed E-state index contributed by atoms with van der Waals surface area (Å²) in [6, 6.07) is 7.62. The number of carbonyl (C=O) groups is 2. The molecule has 7 nitrogen and oxygen atoms in total. The van der Waals surface area contributed by atoms with Crippen molar-refractivity contribution in [3.63, 3.8) is 0 Å². The van der Waals surface area contributed by atoms with E-state index in [-0.39, 0.29) is 47.1 Å². The van der Waals surface area contributed by atoms with Crippen LogP contribution in [-0.2, 0) is 9.59 Å². The number of hydrogen-bond donors (Lipinski definition) is 2. The molecule has 2 heterocycles. The van der Waals surface area contributed by atoms with Gasteiger partial charge in [-0.3, -0.25) is 14.5 Å². The summed E-state index contributed by atoms with van der Waals surface area (Å²) in [4.78, 5) is 32.2. The number of amides is 2. The first-order chi connectivity index (χ1) is 14.6. The molecule has 4 atom stereocenters. The van der Waals surface area contributed by atoms with Crippen molar-refractivity contribution in [2.45, 2.75) is 71.1 Å². The zero-order valence-corrected chi connectivity index (χ0v) is 19.1. The second-order valence-corrected chi connectivity index (χ2v) is 9.82. The van der Waals surface area contributed by atoms with Crippen molar-refractivity contribution >= 4 is 17.8 Å². The van der Waals surface area contributed by atoms with E-state index in [4.69, 9.17) is 10.5 Å². The third-order valence-corrected chi connectivity index (χ3v) is 7.57. The normalized spacial score (nSPS) is 30.3. The van der Waals surface area contributed by atoms with Crippen molar-refractivity contribution in [2.75, 3.05) is 6.54 Å². The molecule has 31 heavy (non-hydrogen) atoms. The number of ether oxygens (including phenoxy) is 1. The summed E-state index contributed by atoms with van der Waals surface area (Å²) in [5.41, 5.74) is 6.30. The number of rotatable bonds is 6. The summed E-state index contributed by atoms with van der Waals surface area (Å²) in [6.45, 7) is 10.6. The number of hydrogen-bond acceptors (Lipinski definition) is 5. The molecule has 0 saturated heterocycles. The van der Waals surface area contributed by atoms with Gasteiger partial charge in [0.05, 0.1) is 18.0 Å². The predicted octanol–water partition coefficient (Wildman–Crippen LogP) is 3.00. The number of carbonyl (C=O) groups excluding carboxylic acids is 2. The number of fused-ring (bicyclic) bond motifs is 1. The summed E-state index contributed by atoms with van der Waals surface area (Å²) in [5, 5.41) is 3.21. The van der Waals surface area contributed by atoms with Crippen LogP contribution in [-0.4, -0.2) is 40.4 Å². The Morgan fingerprint density at radius 2 is 1.97 bits per heavy atom. The molecule has 1 aliphatic carbocycles. The fourth-order valence-electron chi connectivity index (χ4n) is 5.19. The molecule has 1 fully saturated rings. The predicted molar refractivity (Wildman–Crippen MR) is 119 cm³/mol. The van der Waals surface area contributed by atoms with E-state index in [2.05, 4.69) is 17.2 Å². The van der Waals surface area contributed by atoms with Gasteiger partial charge in [-0.2, -0.15) is 0 Å². The number of nitrogens with zero attached hydrogens (tertiary/aromatic N) is 2. The highest BCUT2D eigenvalue weighted by Gasteiger charge is 2.55. The molecule has 0 spiro atoms. The van der Waals surface area contributed by atoms with Gasteiger partial charge in [0, 0.05) is 18.0 Å². The topological polar surface area (TPSA) is 97.0 Å². The van der Waals surface area contributed by atoms with Gasteiger partial charge in [0.15, 0.2) is 5.96 Å². The van der Waals surface area contributed by atoms with Crippen LogP contribution in [0, 0.1) is 17.8 Å². The SMILES string of the molecule is CCC1(CC)CC(=O)N(C[C@H]2C(C)[C@@H]2C(=O)N[C@@H]2c3ccccc3OC2(C)C)C(N)=N1. The molecule has 1 aromatic carbocycles. The fourth-order valence-corrected chi connectivity index (χ4v) is 5.19. The maximum absolute atomic E-state index is 13.1. The molecule has 4 rings (SSSR count). The maximum atomic E-state index is 13.1. The molecule has 0 aromatic heterocycles. The van der Waals surface area contributed by atoms with Crippen LogP contribution in [0.15, 0.2) is 29.3 Å². The van der Waals surface area contributed by atoms with Crippen LogP contribution in [0.5, 0.6) is 5.75 Å². The molecule has 1 saturated carbocycles. The van der Waals surface area contributed by atoms with E-state index in [0.717, 1.165) is 24.2 Å². The Morgan fingerprint density at radius 1 is 1.29 bits per heavy atom. The summed E-state index contributed by atoms with van der Waals surface area (Å²) in [5.74, 6) is 1.24. The van der Waals surface area contributed by atoms with Gasteiger partial charge >= 0.3 is 0 Å². The van der Waals surface area contributed by atoms with Crippen LogP contribution in [0.3, 0.4) is 0 Å². The van der Waals surface area contributed by atoms with E-state index in [9.17, 15) is 9.59 Å². The lowest BCUT2D eigenvalue weighted by atomic mass is 9.88. The second-order valence-electron chi connectivity index (χ2n) is 9.82. The van der Waals surface area contributed by atoms with Gasteiger partial charge in [0.1, 0.15) is 11.4 Å². The zero-order valence-electron chi connectivity index (χ0n) is 19.1. The van der Waals surface area contributed by atoms with E-state index >= 15 is 0 Å². The fraction of sp³-hybridized carbons (Fsp3) is 0.625. The molecule has 0 bridgehead atoms. The minimum Gasteiger partial charge on any atom is -0.485 e. The minimum atomic E-state index is -0.517. The molecule has 7 heteroatoms. The summed E-state index contributed by atoms with van der Waals surface area (Å²) in [6.07, 6.45) is 1.95. The quantitative estimate of drug-likeness (QED) is 0.731. The van der Waals surface area contributed by atoms with Crippen molar-refractivity contribution < 1.29 is 14.3 Å². The van der Waals surface area contributed by atoms with Crippen LogP contribution in [0.2, 0.25) is 0 Å². The lowest BCUT2D eigenvalue weighted by Crippen LogP contribution is -2.52. The minimum absolute atomic E-state index is 0.00677. The lowest BCUT2D eigenvalue weighted by molar-refractivity contribution is -0.130. The molecule has 168 valence electrons. The highest BCUT2D eigenvalue weighted by molar-refractivity contribution is 5.99. The summed E-state index contributed by atoms with van der Waals surface area (Å²) >= 11 is 0. The molecule has 1 unspecified atom stereocenters. The monoisotopic (exact) mass is 426 g/mol. The van der Waals surface area contributed by atoms with Crippen molar-refractivity contribution in [3.8, 4) is 5.75 Å². The van der Waals surface area contributed by atoms with E-state index in [0.29, 0.717) is 13.0 Å². The average molecular weight is 427 g/mol. The molecule has 2 aliphatic heterocycles. The van der Waals surface area contributed by atoms with Crippen molar-refractivity contribution in [1.82, 2.24) is 10.2 Å². The second kappa shape index (κ2) is 7.53. The Morgan fingerprint density at radius 3 is 2.61 bits per heavy atom. The first-order valence-corrected chi connectivity index (χ1v) is 11.4. The average Bonchev–Trinajstić information content (AvgIpc) is 3.29. The highest BCUT2D eigenvalue weighted by atomic mass is 16.5. The van der Waals surface area contributed by atoms with E-state index in [1.807, 2.05) is 52.0 Å².